The molecule has 2 nitrogen and oxygen atoms in total. The lowest BCUT2D eigenvalue weighted by Gasteiger charge is -2.03. The van der Waals surface area contributed by atoms with E-state index in [1.54, 1.807) is 6.07 Å². The molecule has 0 bridgehead atoms. The monoisotopic (exact) mass is 306 g/mol. The van der Waals surface area contributed by atoms with E-state index in [4.69, 9.17) is 10.8 Å². The first kappa shape index (κ1) is 10.8. The van der Waals surface area contributed by atoms with Gasteiger partial charge in [-0.25, -0.2) is 0 Å². The fraction of sp³-hybridized carbons (Fsp3) is 0.333. The molecular formula is C9H8Br2O2. The first-order chi connectivity index (χ1) is 6.15. The van der Waals surface area contributed by atoms with Crippen LogP contribution in [0.1, 0.15) is 24.7 Å². The molecule has 1 unspecified atom stereocenters. The predicted octanol–water partition coefficient (Wildman–Crippen LogP) is 3.25. The van der Waals surface area contributed by atoms with Gasteiger partial charge in [0.1, 0.15) is 11.9 Å². The Morgan fingerprint density at radius 2 is 2.31 bits per heavy atom. The molecule has 70 valence electrons. The maximum absolute atomic E-state index is 9.56. The molecule has 13 heavy (non-hydrogen) atoms. The Balaban J connectivity index is 2.67. The molecule has 1 N–H and O–H groups in total. The minimum atomic E-state index is -0.626. The van der Waals surface area contributed by atoms with Crippen LogP contribution in [0.25, 0.3) is 0 Å². The number of halogens is 2. The summed E-state index contributed by atoms with van der Waals surface area (Å²) in [5.41, 5.74) is 0. The molecule has 0 saturated heterocycles. The minimum Gasteiger partial charge on any atom is -0.450 e. The van der Waals surface area contributed by atoms with Gasteiger partial charge in [-0.05, 0) is 44.3 Å². The van der Waals surface area contributed by atoms with E-state index in [9.17, 15) is 5.11 Å². The van der Waals surface area contributed by atoms with Gasteiger partial charge in [0.05, 0.1) is 4.47 Å². The van der Waals surface area contributed by atoms with Crippen LogP contribution in [0.2, 0.25) is 0 Å². The van der Waals surface area contributed by atoms with Gasteiger partial charge >= 0.3 is 0 Å². The minimum absolute atomic E-state index is 0.517. The van der Waals surface area contributed by atoms with Crippen molar-refractivity contribution in [2.75, 3.05) is 0 Å². The second-order valence-electron chi connectivity index (χ2n) is 2.53. The Bertz CT molecular complexity index is 305. The van der Waals surface area contributed by atoms with E-state index in [0.717, 1.165) is 4.47 Å². The maximum Gasteiger partial charge on any atom is 0.183 e. The summed E-state index contributed by atoms with van der Waals surface area (Å²) in [5, 5.41) is 9.56. The Hall–Kier alpha value is -0.240. The van der Waals surface area contributed by atoms with E-state index in [1.807, 2.05) is 0 Å². The second kappa shape index (κ2) is 4.85. The zero-order chi connectivity index (χ0) is 9.84. The average molecular weight is 308 g/mol. The van der Waals surface area contributed by atoms with Crippen molar-refractivity contribution in [1.82, 2.24) is 0 Å². The molecule has 0 aromatic carbocycles. The Kier molecular flexibility index (Phi) is 4.04. The Morgan fingerprint density at radius 1 is 1.62 bits per heavy atom. The smallest absolute Gasteiger partial charge is 0.183 e. The van der Waals surface area contributed by atoms with Crippen molar-refractivity contribution < 1.29 is 9.52 Å². The summed E-state index contributed by atoms with van der Waals surface area (Å²) in [5.74, 6) is 2.99. The van der Waals surface area contributed by atoms with Crippen molar-refractivity contribution in [2.45, 2.75) is 18.9 Å². The van der Waals surface area contributed by atoms with Crippen LogP contribution in [0.15, 0.2) is 19.6 Å². The van der Waals surface area contributed by atoms with E-state index in [2.05, 4.69) is 37.8 Å². The number of hydrogen-bond acceptors (Lipinski definition) is 2. The molecule has 0 saturated carbocycles. The van der Waals surface area contributed by atoms with Crippen LogP contribution in [-0.2, 0) is 0 Å². The van der Waals surface area contributed by atoms with Gasteiger partial charge in [0.15, 0.2) is 4.67 Å². The number of rotatable bonds is 3. The summed E-state index contributed by atoms with van der Waals surface area (Å²) in [6.45, 7) is 0. The lowest BCUT2D eigenvalue weighted by molar-refractivity contribution is 0.140. The van der Waals surface area contributed by atoms with Crippen molar-refractivity contribution in [1.29, 1.82) is 0 Å². The second-order valence-corrected chi connectivity index (χ2v) is 4.10. The summed E-state index contributed by atoms with van der Waals surface area (Å²) in [7, 11) is 0. The zero-order valence-electron chi connectivity index (χ0n) is 6.76. The molecule has 0 aliphatic rings. The highest BCUT2D eigenvalue weighted by Gasteiger charge is 2.13. The number of aliphatic hydroxyl groups excluding tert-OH is 1. The van der Waals surface area contributed by atoms with Crippen LogP contribution in [0.4, 0.5) is 0 Å². The summed E-state index contributed by atoms with van der Waals surface area (Å²) in [6.07, 6.45) is 5.51. The molecule has 0 aliphatic heterocycles. The third kappa shape index (κ3) is 2.87. The van der Waals surface area contributed by atoms with Gasteiger partial charge in [0.2, 0.25) is 0 Å². The van der Waals surface area contributed by atoms with Gasteiger partial charge in [0.25, 0.3) is 0 Å². The van der Waals surface area contributed by atoms with Crippen molar-refractivity contribution in [2.24, 2.45) is 0 Å². The highest BCUT2D eigenvalue weighted by molar-refractivity contribution is 9.13. The van der Waals surface area contributed by atoms with Crippen molar-refractivity contribution >= 4 is 31.9 Å². The lowest BCUT2D eigenvalue weighted by atomic mass is 10.1. The van der Waals surface area contributed by atoms with Crippen LogP contribution in [0.5, 0.6) is 0 Å². The maximum atomic E-state index is 9.56. The number of terminal acetylenes is 1. The van der Waals surface area contributed by atoms with Crippen LogP contribution in [0, 0.1) is 12.3 Å². The molecule has 1 atom stereocenters. The van der Waals surface area contributed by atoms with Gasteiger partial charge in [-0.1, -0.05) is 0 Å². The Labute approximate surface area is 93.6 Å². The lowest BCUT2D eigenvalue weighted by Crippen LogP contribution is -1.93. The third-order valence-electron chi connectivity index (χ3n) is 1.55. The quantitative estimate of drug-likeness (QED) is 0.870. The van der Waals surface area contributed by atoms with E-state index < -0.39 is 6.10 Å². The van der Waals surface area contributed by atoms with Gasteiger partial charge in [-0.2, -0.15) is 0 Å². The number of aliphatic hydroxyl groups is 1. The van der Waals surface area contributed by atoms with E-state index in [0.29, 0.717) is 23.3 Å². The number of furan rings is 1. The van der Waals surface area contributed by atoms with Crippen molar-refractivity contribution in [3.8, 4) is 12.3 Å². The largest absolute Gasteiger partial charge is 0.450 e. The molecular weight excluding hydrogens is 300 g/mol. The molecule has 0 spiro atoms. The molecule has 0 radical (unpaired) electrons. The van der Waals surface area contributed by atoms with Crippen LogP contribution < -0.4 is 0 Å². The predicted molar refractivity (Wildman–Crippen MR) is 57.1 cm³/mol. The Morgan fingerprint density at radius 3 is 2.77 bits per heavy atom. The fourth-order valence-corrected chi connectivity index (χ4v) is 1.50. The fourth-order valence-electron chi connectivity index (χ4n) is 0.890. The summed E-state index contributed by atoms with van der Waals surface area (Å²) >= 11 is 6.45. The average Bonchev–Trinajstić information content (AvgIpc) is 2.43. The molecule has 0 aliphatic carbocycles. The van der Waals surface area contributed by atoms with Crippen LogP contribution in [-0.4, -0.2) is 5.11 Å². The van der Waals surface area contributed by atoms with Crippen LogP contribution in [0.3, 0.4) is 0 Å². The highest BCUT2D eigenvalue weighted by Crippen LogP contribution is 2.31. The third-order valence-corrected chi connectivity index (χ3v) is 3.26. The summed E-state index contributed by atoms with van der Waals surface area (Å²) in [4.78, 5) is 0. The van der Waals surface area contributed by atoms with Crippen molar-refractivity contribution in [3.05, 3.63) is 21.0 Å². The molecule has 1 heterocycles. The number of hydrogen-bond donors (Lipinski definition) is 1. The SMILES string of the molecule is C#CCCC(O)c1cc(Br)c(Br)o1. The molecule has 4 heteroatoms. The van der Waals surface area contributed by atoms with Gasteiger partial charge in [0, 0.05) is 6.42 Å². The van der Waals surface area contributed by atoms with Gasteiger partial charge in [-0.3, -0.25) is 0 Å². The first-order valence-electron chi connectivity index (χ1n) is 3.71. The van der Waals surface area contributed by atoms with Gasteiger partial charge < -0.3 is 9.52 Å². The summed E-state index contributed by atoms with van der Waals surface area (Å²) in [6, 6.07) is 1.73. The van der Waals surface area contributed by atoms with E-state index >= 15 is 0 Å². The molecule has 1 aromatic rings. The molecule has 0 fully saturated rings. The zero-order valence-corrected chi connectivity index (χ0v) is 9.93. The highest BCUT2D eigenvalue weighted by atomic mass is 79.9. The van der Waals surface area contributed by atoms with E-state index in [1.165, 1.54) is 0 Å². The standard InChI is InChI=1S/C9H8Br2O2/c1-2-3-4-7(12)8-5-6(10)9(11)13-8/h1,5,7,12H,3-4H2. The van der Waals surface area contributed by atoms with Gasteiger partial charge in [-0.15, -0.1) is 12.3 Å². The van der Waals surface area contributed by atoms with Crippen molar-refractivity contribution in [3.63, 3.8) is 0 Å². The van der Waals surface area contributed by atoms with E-state index in [-0.39, 0.29) is 0 Å². The topological polar surface area (TPSA) is 33.4 Å². The van der Waals surface area contributed by atoms with Crippen LogP contribution >= 0.6 is 31.9 Å². The molecule has 1 rings (SSSR count). The molecule has 1 aromatic heterocycles. The molecule has 0 amide bonds. The summed E-state index contributed by atoms with van der Waals surface area (Å²) < 4.78 is 6.60. The first-order valence-corrected chi connectivity index (χ1v) is 5.30. The normalized spacial score (nSPS) is 12.5.